The number of carbonyl (C=O) groups is 1. The molecule has 1 aliphatic heterocycles. The average Bonchev–Trinajstić information content (AvgIpc) is 2.88. The molecule has 0 radical (unpaired) electrons. The maximum atomic E-state index is 12.4. The third kappa shape index (κ3) is 2.76. The Hall–Kier alpha value is -1.95. The van der Waals surface area contributed by atoms with Gasteiger partial charge in [0.05, 0.1) is 10.9 Å². The average molecular weight is 303 g/mol. The van der Waals surface area contributed by atoms with Gasteiger partial charge >= 0.3 is 0 Å². The zero-order valence-corrected chi connectivity index (χ0v) is 12.5. The molecule has 0 unspecified atom stereocenters. The Kier molecular flexibility index (Phi) is 3.88. The van der Waals surface area contributed by atoms with Crippen molar-refractivity contribution in [1.82, 2.24) is 14.5 Å². The number of fused-ring (bicyclic) bond motifs is 1. The maximum absolute atomic E-state index is 12.4. The molecule has 110 valence electrons. The van der Waals surface area contributed by atoms with Crippen molar-refractivity contribution >= 4 is 29.0 Å². The van der Waals surface area contributed by atoms with Crippen molar-refractivity contribution in [3.63, 3.8) is 0 Å². The number of carbonyl (C=O) groups excluding carboxylic acids is 1. The van der Waals surface area contributed by atoms with E-state index >= 15 is 0 Å². The second-order valence-electron chi connectivity index (χ2n) is 5.27. The lowest BCUT2D eigenvalue weighted by Crippen LogP contribution is -2.28. The molecule has 1 saturated heterocycles. The lowest BCUT2D eigenvalue weighted by Gasteiger charge is -2.15. The van der Waals surface area contributed by atoms with Crippen molar-refractivity contribution in [3.8, 4) is 0 Å². The van der Waals surface area contributed by atoms with E-state index in [4.69, 9.17) is 12.2 Å². The van der Waals surface area contributed by atoms with Crippen molar-refractivity contribution in [3.05, 3.63) is 39.4 Å². The summed E-state index contributed by atoms with van der Waals surface area (Å²) in [7, 11) is 0. The quantitative estimate of drug-likeness (QED) is 0.880. The minimum Gasteiger partial charge on any atom is -0.343 e. The minimum absolute atomic E-state index is 0.0675. The number of nitrogens with one attached hydrogen (secondary N) is 1. The van der Waals surface area contributed by atoms with E-state index in [0.717, 1.165) is 24.9 Å². The summed E-state index contributed by atoms with van der Waals surface area (Å²) in [5, 5.41) is 0.642. The Bertz CT molecular complexity index is 793. The largest absolute Gasteiger partial charge is 0.343 e. The third-order valence-corrected chi connectivity index (χ3v) is 4.19. The summed E-state index contributed by atoms with van der Waals surface area (Å²) >= 11 is 5.27. The molecule has 2 heterocycles. The van der Waals surface area contributed by atoms with Crippen LogP contribution < -0.4 is 5.56 Å². The molecule has 0 spiro atoms. The molecule has 5 nitrogen and oxygen atoms in total. The number of hydrogen-bond donors (Lipinski definition) is 1. The molecule has 0 atom stereocenters. The van der Waals surface area contributed by atoms with Gasteiger partial charge in [-0.15, -0.1) is 0 Å². The highest BCUT2D eigenvalue weighted by atomic mass is 32.1. The van der Waals surface area contributed by atoms with Crippen molar-refractivity contribution in [2.75, 3.05) is 13.1 Å². The van der Waals surface area contributed by atoms with Crippen molar-refractivity contribution in [2.24, 2.45) is 0 Å². The molecule has 1 aromatic carbocycles. The molecular formula is C15H17N3O2S. The molecule has 1 aliphatic rings. The normalized spacial score (nSPS) is 15.0. The third-order valence-electron chi connectivity index (χ3n) is 3.87. The molecule has 3 rings (SSSR count). The van der Waals surface area contributed by atoms with Crippen LogP contribution in [0.3, 0.4) is 0 Å². The van der Waals surface area contributed by atoms with Gasteiger partial charge in [0.15, 0.2) is 4.77 Å². The van der Waals surface area contributed by atoms with Crippen LogP contribution in [0.1, 0.15) is 19.3 Å². The second-order valence-corrected chi connectivity index (χ2v) is 5.66. The zero-order chi connectivity index (χ0) is 14.8. The number of aromatic nitrogens is 2. The summed E-state index contributed by atoms with van der Waals surface area (Å²) in [6.45, 7) is 2.05. The number of H-pyrrole nitrogens is 1. The number of likely N-dealkylation sites (tertiary alicyclic amines) is 1. The fraction of sp³-hybridized carbons (Fsp3) is 0.400. The fourth-order valence-corrected chi connectivity index (χ4v) is 3.05. The van der Waals surface area contributed by atoms with Crippen molar-refractivity contribution < 1.29 is 4.79 Å². The van der Waals surface area contributed by atoms with Crippen molar-refractivity contribution in [2.45, 2.75) is 25.8 Å². The van der Waals surface area contributed by atoms with Crippen LogP contribution in [-0.4, -0.2) is 33.4 Å². The van der Waals surface area contributed by atoms with Crippen LogP contribution in [-0.2, 0) is 11.3 Å². The van der Waals surface area contributed by atoms with Gasteiger partial charge in [0.1, 0.15) is 0 Å². The SMILES string of the molecule is O=C1CCCN1CCCn1c(=S)[nH]c2ccccc2c1=O. The molecule has 6 heteroatoms. The monoisotopic (exact) mass is 303 g/mol. The molecule has 0 aliphatic carbocycles. The fourth-order valence-electron chi connectivity index (χ4n) is 2.76. The number of hydrogen-bond acceptors (Lipinski definition) is 3. The molecular weight excluding hydrogens is 286 g/mol. The summed E-state index contributed by atoms with van der Waals surface area (Å²) in [4.78, 5) is 28.9. The molecule has 2 aromatic rings. The Morgan fingerprint density at radius 1 is 1.19 bits per heavy atom. The summed E-state index contributed by atoms with van der Waals surface area (Å²) in [5.74, 6) is 0.214. The molecule has 0 saturated carbocycles. The highest BCUT2D eigenvalue weighted by molar-refractivity contribution is 7.71. The smallest absolute Gasteiger partial charge is 0.262 e. The van der Waals surface area contributed by atoms with E-state index < -0.39 is 0 Å². The van der Waals surface area contributed by atoms with Gasteiger partial charge in [-0.1, -0.05) is 12.1 Å². The van der Waals surface area contributed by atoms with E-state index in [-0.39, 0.29) is 11.5 Å². The topological polar surface area (TPSA) is 58.1 Å². The molecule has 1 amide bonds. The predicted octanol–water partition coefficient (Wildman–Crippen LogP) is 2.07. The summed E-state index contributed by atoms with van der Waals surface area (Å²) < 4.78 is 2.02. The summed E-state index contributed by atoms with van der Waals surface area (Å²) in [6, 6.07) is 7.35. The van der Waals surface area contributed by atoms with E-state index in [9.17, 15) is 9.59 Å². The van der Waals surface area contributed by atoms with Gasteiger partial charge in [-0.2, -0.15) is 0 Å². The second kappa shape index (κ2) is 5.81. The van der Waals surface area contributed by atoms with Gasteiger partial charge in [0.2, 0.25) is 5.91 Å². The highest BCUT2D eigenvalue weighted by Crippen LogP contribution is 2.10. The van der Waals surface area contributed by atoms with Gasteiger partial charge in [-0.05, 0) is 37.2 Å². The molecule has 1 fully saturated rings. The Morgan fingerprint density at radius 2 is 2.00 bits per heavy atom. The van der Waals surface area contributed by atoms with E-state index in [1.807, 2.05) is 23.1 Å². The van der Waals surface area contributed by atoms with Crippen LogP contribution in [0.2, 0.25) is 0 Å². The van der Waals surface area contributed by atoms with E-state index in [1.165, 1.54) is 0 Å². The van der Waals surface area contributed by atoms with Crippen LogP contribution in [0.15, 0.2) is 29.1 Å². The van der Waals surface area contributed by atoms with Gasteiger partial charge in [0, 0.05) is 26.1 Å². The number of benzene rings is 1. The van der Waals surface area contributed by atoms with Gasteiger partial charge in [0.25, 0.3) is 5.56 Å². The summed E-state index contributed by atoms with van der Waals surface area (Å²) in [5.41, 5.74) is 0.695. The summed E-state index contributed by atoms with van der Waals surface area (Å²) in [6.07, 6.45) is 2.33. The Morgan fingerprint density at radius 3 is 2.76 bits per heavy atom. The van der Waals surface area contributed by atoms with E-state index in [1.54, 1.807) is 10.6 Å². The molecule has 1 N–H and O–H groups in total. The molecule has 1 aromatic heterocycles. The van der Waals surface area contributed by atoms with E-state index in [2.05, 4.69) is 4.98 Å². The number of para-hydroxylation sites is 1. The first kappa shape index (κ1) is 14.0. The first-order valence-corrected chi connectivity index (χ1v) is 7.57. The first-order chi connectivity index (χ1) is 10.2. The number of nitrogens with zero attached hydrogens (tertiary/aromatic N) is 2. The molecule has 0 bridgehead atoms. The first-order valence-electron chi connectivity index (χ1n) is 7.16. The molecule has 21 heavy (non-hydrogen) atoms. The lowest BCUT2D eigenvalue weighted by atomic mass is 10.2. The lowest BCUT2D eigenvalue weighted by molar-refractivity contribution is -0.127. The van der Waals surface area contributed by atoms with Crippen LogP contribution >= 0.6 is 12.2 Å². The van der Waals surface area contributed by atoms with Crippen LogP contribution in [0.4, 0.5) is 0 Å². The standard InChI is InChI=1S/C15H17N3O2S/c19-13-7-3-8-17(13)9-4-10-18-14(20)11-5-1-2-6-12(11)16-15(18)21/h1-2,5-6H,3-4,7-10H2,(H,16,21). The number of rotatable bonds is 4. The Balaban J connectivity index is 1.79. The van der Waals surface area contributed by atoms with Crippen molar-refractivity contribution in [1.29, 1.82) is 0 Å². The highest BCUT2D eigenvalue weighted by Gasteiger charge is 2.19. The van der Waals surface area contributed by atoms with Gasteiger partial charge < -0.3 is 9.88 Å². The Labute approximate surface area is 127 Å². The van der Waals surface area contributed by atoms with Crippen LogP contribution in [0.25, 0.3) is 10.9 Å². The zero-order valence-electron chi connectivity index (χ0n) is 11.7. The van der Waals surface area contributed by atoms with Crippen LogP contribution in [0, 0.1) is 4.77 Å². The number of aromatic amines is 1. The predicted molar refractivity (Wildman–Crippen MR) is 83.8 cm³/mol. The minimum atomic E-state index is -0.0675. The van der Waals surface area contributed by atoms with Crippen LogP contribution in [0.5, 0.6) is 0 Å². The maximum Gasteiger partial charge on any atom is 0.262 e. The van der Waals surface area contributed by atoms with E-state index in [0.29, 0.717) is 29.7 Å². The van der Waals surface area contributed by atoms with Gasteiger partial charge in [-0.3, -0.25) is 14.2 Å². The van der Waals surface area contributed by atoms with Gasteiger partial charge in [-0.25, -0.2) is 0 Å². The number of amides is 1.